The Kier molecular flexibility index (Phi) is 4.83. The Hall–Kier alpha value is -1.46. The maximum atomic E-state index is 5.69. The highest BCUT2D eigenvalue weighted by atomic mass is 16.5. The second-order valence-corrected chi connectivity index (χ2v) is 5.51. The van der Waals surface area contributed by atoms with Crippen LogP contribution in [0.15, 0.2) is 12.1 Å². The van der Waals surface area contributed by atoms with Gasteiger partial charge >= 0.3 is 0 Å². The van der Waals surface area contributed by atoms with Crippen molar-refractivity contribution in [1.82, 2.24) is 4.90 Å². The lowest BCUT2D eigenvalue weighted by atomic mass is 10.1. The molecule has 2 heterocycles. The number of rotatable bonds is 5. The number of morpholine rings is 1. The second-order valence-electron chi connectivity index (χ2n) is 5.51. The standard InChI is InChI=1S/C16H24N2O3/c1-19-15-12-13(11-14-16(15)21-8-4-17-14)3-2-5-18-6-9-20-10-7-18/h11-12,17H,2-10H2,1H3. The van der Waals surface area contributed by atoms with Crippen LogP contribution in [0.1, 0.15) is 12.0 Å². The van der Waals surface area contributed by atoms with Crippen LogP contribution in [0.4, 0.5) is 5.69 Å². The van der Waals surface area contributed by atoms with E-state index in [1.165, 1.54) is 5.56 Å². The molecule has 3 rings (SSSR count). The number of hydrogen-bond acceptors (Lipinski definition) is 5. The third-order valence-electron chi connectivity index (χ3n) is 4.04. The van der Waals surface area contributed by atoms with Crippen LogP contribution < -0.4 is 14.8 Å². The minimum atomic E-state index is 0.694. The number of methoxy groups -OCH3 is 1. The summed E-state index contributed by atoms with van der Waals surface area (Å²) in [5.41, 5.74) is 2.36. The quantitative estimate of drug-likeness (QED) is 0.896. The topological polar surface area (TPSA) is 43.0 Å². The fraction of sp³-hybridized carbons (Fsp3) is 0.625. The van der Waals surface area contributed by atoms with Crippen LogP contribution in [0.5, 0.6) is 11.5 Å². The Labute approximate surface area is 126 Å². The largest absolute Gasteiger partial charge is 0.493 e. The molecule has 5 heteroatoms. The van der Waals surface area contributed by atoms with Crippen molar-refractivity contribution in [3.63, 3.8) is 0 Å². The maximum absolute atomic E-state index is 5.69. The Morgan fingerprint density at radius 1 is 1.24 bits per heavy atom. The van der Waals surface area contributed by atoms with Gasteiger partial charge in [0.15, 0.2) is 11.5 Å². The smallest absolute Gasteiger partial charge is 0.184 e. The summed E-state index contributed by atoms with van der Waals surface area (Å²) in [7, 11) is 1.70. The van der Waals surface area contributed by atoms with E-state index in [2.05, 4.69) is 22.3 Å². The molecule has 1 aromatic rings. The van der Waals surface area contributed by atoms with Gasteiger partial charge in [-0.15, -0.1) is 0 Å². The average Bonchev–Trinajstić information content (AvgIpc) is 2.55. The first-order valence-electron chi connectivity index (χ1n) is 7.74. The molecule has 0 amide bonds. The Balaban J connectivity index is 1.59. The molecule has 21 heavy (non-hydrogen) atoms. The predicted octanol–water partition coefficient (Wildman–Crippen LogP) is 1.76. The van der Waals surface area contributed by atoms with E-state index in [1.54, 1.807) is 7.11 Å². The lowest BCUT2D eigenvalue weighted by molar-refractivity contribution is 0.0374. The van der Waals surface area contributed by atoms with Gasteiger partial charge in [-0.25, -0.2) is 0 Å². The molecule has 2 aliphatic rings. The molecular weight excluding hydrogens is 268 g/mol. The number of nitrogens with one attached hydrogen (secondary N) is 1. The zero-order valence-electron chi connectivity index (χ0n) is 12.7. The summed E-state index contributed by atoms with van der Waals surface area (Å²) in [5.74, 6) is 1.68. The van der Waals surface area contributed by atoms with Crippen molar-refractivity contribution in [1.29, 1.82) is 0 Å². The Bertz CT molecular complexity index is 456. The maximum Gasteiger partial charge on any atom is 0.184 e. The predicted molar refractivity (Wildman–Crippen MR) is 82.6 cm³/mol. The molecular formula is C16H24N2O3. The second kappa shape index (κ2) is 7.00. The van der Waals surface area contributed by atoms with Gasteiger partial charge in [-0.3, -0.25) is 4.90 Å². The van der Waals surface area contributed by atoms with Crippen molar-refractivity contribution in [3.8, 4) is 11.5 Å². The first-order valence-corrected chi connectivity index (χ1v) is 7.74. The van der Waals surface area contributed by atoms with Gasteiger partial charge < -0.3 is 19.5 Å². The fourth-order valence-corrected chi connectivity index (χ4v) is 2.91. The molecule has 0 bridgehead atoms. The van der Waals surface area contributed by atoms with Gasteiger partial charge in [-0.1, -0.05) is 0 Å². The highest BCUT2D eigenvalue weighted by Gasteiger charge is 2.17. The summed E-state index contributed by atoms with van der Waals surface area (Å²) >= 11 is 0. The van der Waals surface area contributed by atoms with Gasteiger partial charge in [0.05, 0.1) is 26.0 Å². The number of benzene rings is 1. The van der Waals surface area contributed by atoms with Crippen LogP contribution in [0.2, 0.25) is 0 Å². The number of anilines is 1. The van der Waals surface area contributed by atoms with E-state index in [-0.39, 0.29) is 0 Å². The minimum Gasteiger partial charge on any atom is -0.493 e. The van der Waals surface area contributed by atoms with Crippen molar-refractivity contribution in [3.05, 3.63) is 17.7 Å². The highest BCUT2D eigenvalue weighted by Crippen LogP contribution is 2.38. The SMILES string of the molecule is COc1cc(CCCN2CCOCC2)cc2c1OCCN2. The molecule has 1 aromatic carbocycles. The molecule has 1 saturated heterocycles. The van der Waals surface area contributed by atoms with Crippen LogP contribution in [-0.2, 0) is 11.2 Å². The number of fused-ring (bicyclic) bond motifs is 1. The Morgan fingerprint density at radius 2 is 2.10 bits per heavy atom. The molecule has 0 unspecified atom stereocenters. The van der Waals surface area contributed by atoms with E-state index in [1.807, 2.05) is 0 Å². The highest BCUT2D eigenvalue weighted by molar-refractivity contribution is 5.66. The summed E-state index contributed by atoms with van der Waals surface area (Å²) in [4.78, 5) is 2.47. The van der Waals surface area contributed by atoms with Gasteiger partial charge in [0.1, 0.15) is 6.61 Å². The van der Waals surface area contributed by atoms with Crippen molar-refractivity contribution in [2.75, 3.05) is 58.4 Å². The summed E-state index contributed by atoms with van der Waals surface area (Å²) < 4.78 is 16.5. The molecule has 0 aromatic heterocycles. The van der Waals surface area contributed by atoms with E-state index in [4.69, 9.17) is 14.2 Å². The molecule has 0 atom stereocenters. The monoisotopic (exact) mass is 292 g/mol. The summed E-state index contributed by atoms with van der Waals surface area (Å²) in [6.07, 6.45) is 2.21. The lowest BCUT2D eigenvalue weighted by Gasteiger charge is -2.26. The Morgan fingerprint density at radius 3 is 2.90 bits per heavy atom. The van der Waals surface area contributed by atoms with E-state index < -0.39 is 0 Å². The van der Waals surface area contributed by atoms with Gasteiger partial charge in [0.25, 0.3) is 0 Å². The molecule has 0 spiro atoms. The average molecular weight is 292 g/mol. The zero-order valence-corrected chi connectivity index (χ0v) is 12.7. The molecule has 2 aliphatic heterocycles. The number of hydrogen-bond donors (Lipinski definition) is 1. The third-order valence-corrected chi connectivity index (χ3v) is 4.04. The van der Waals surface area contributed by atoms with Crippen LogP contribution in [-0.4, -0.2) is 58.0 Å². The van der Waals surface area contributed by atoms with Crippen molar-refractivity contribution in [2.45, 2.75) is 12.8 Å². The van der Waals surface area contributed by atoms with Gasteiger partial charge in [0.2, 0.25) is 0 Å². The number of aryl methyl sites for hydroxylation is 1. The third kappa shape index (κ3) is 3.60. The van der Waals surface area contributed by atoms with Crippen molar-refractivity contribution < 1.29 is 14.2 Å². The molecule has 0 radical (unpaired) electrons. The molecule has 5 nitrogen and oxygen atoms in total. The summed E-state index contributed by atoms with van der Waals surface area (Å²) in [5, 5.41) is 3.39. The van der Waals surface area contributed by atoms with Crippen molar-refractivity contribution >= 4 is 5.69 Å². The van der Waals surface area contributed by atoms with E-state index in [0.717, 1.165) is 69.4 Å². The zero-order chi connectivity index (χ0) is 14.5. The summed E-state index contributed by atoms with van der Waals surface area (Å²) in [6.45, 7) is 6.54. The van der Waals surface area contributed by atoms with E-state index in [0.29, 0.717) is 6.61 Å². The first kappa shape index (κ1) is 14.5. The van der Waals surface area contributed by atoms with E-state index in [9.17, 15) is 0 Å². The first-order chi connectivity index (χ1) is 10.4. The van der Waals surface area contributed by atoms with Crippen molar-refractivity contribution in [2.24, 2.45) is 0 Å². The van der Waals surface area contributed by atoms with Crippen LogP contribution in [0.3, 0.4) is 0 Å². The molecule has 1 fully saturated rings. The fourth-order valence-electron chi connectivity index (χ4n) is 2.91. The lowest BCUT2D eigenvalue weighted by Crippen LogP contribution is -2.36. The molecule has 1 N–H and O–H groups in total. The number of ether oxygens (including phenoxy) is 3. The minimum absolute atomic E-state index is 0.694. The molecule has 116 valence electrons. The van der Waals surface area contributed by atoms with Crippen LogP contribution in [0.25, 0.3) is 0 Å². The molecule has 0 aliphatic carbocycles. The van der Waals surface area contributed by atoms with Gasteiger partial charge in [-0.05, 0) is 37.1 Å². The van der Waals surface area contributed by atoms with Gasteiger partial charge in [0, 0.05) is 19.6 Å². The van der Waals surface area contributed by atoms with Crippen LogP contribution >= 0.6 is 0 Å². The van der Waals surface area contributed by atoms with Crippen LogP contribution in [0, 0.1) is 0 Å². The molecule has 0 saturated carbocycles. The normalized spacial score (nSPS) is 18.5. The number of nitrogens with zero attached hydrogens (tertiary/aromatic N) is 1. The summed E-state index contributed by atoms with van der Waals surface area (Å²) in [6, 6.07) is 4.29. The van der Waals surface area contributed by atoms with E-state index >= 15 is 0 Å². The van der Waals surface area contributed by atoms with Gasteiger partial charge in [-0.2, -0.15) is 0 Å².